The molecule has 2 N–H and O–H groups in total. The maximum atomic E-state index is 12.6. The summed E-state index contributed by atoms with van der Waals surface area (Å²) in [6.07, 6.45) is -1.06. The Morgan fingerprint density at radius 2 is 2.07 bits per heavy atom. The lowest BCUT2D eigenvalue weighted by Gasteiger charge is -2.16. The Bertz CT molecular complexity index is 987. The van der Waals surface area contributed by atoms with Crippen molar-refractivity contribution in [2.24, 2.45) is 10.7 Å². The molecule has 1 aromatic heterocycles. The van der Waals surface area contributed by atoms with E-state index < -0.39 is 19.1 Å². The number of benzene rings is 1. The van der Waals surface area contributed by atoms with Crippen molar-refractivity contribution in [3.63, 3.8) is 0 Å². The number of likely N-dealkylation sites (tertiary alicyclic amines) is 1. The van der Waals surface area contributed by atoms with Crippen molar-refractivity contribution < 1.29 is 23.1 Å². The maximum Gasteiger partial charge on any atom is 0.436 e. The van der Waals surface area contributed by atoms with Crippen molar-refractivity contribution in [1.82, 2.24) is 14.7 Å². The number of rotatable bonds is 5. The first kappa shape index (κ1) is 21.7. The van der Waals surface area contributed by atoms with E-state index in [1.807, 2.05) is 0 Å². The first-order valence-corrected chi connectivity index (χ1v) is 9.59. The van der Waals surface area contributed by atoms with E-state index in [1.165, 1.54) is 0 Å². The van der Waals surface area contributed by atoms with Crippen LogP contribution in [0.4, 0.5) is 19.4 Å². The lowest BCUT2D eigenvalue weighted by atomic mass is 10.0. The van der Waals surface area contributed by atoms with Gasteiger partial charge in [0.05, 0.1) is 22.6 Å². The Kier molecular flexibility index (Phi) is 6.66. The maximum absolute atomic E-state index is 12.6. The van der Waals surface area contributed by atoms with Crippen LogP contribution in [0.25, 0.3) is 11.1 Å². The minimum absolute atomic E-state index is 0.00366. The number of carbonyl (C=O) groups is 2. The summed E-state index contributed by atoms with van der Waals surface area (Å²) < 4.78 is 30.0. The van der Waals surface area contributed by atoms with Crippen molar-refractivity contribution in [3.05, 3.63) is 34.5 Å². The van der Waals surface area contributed by atoms with Crippen molar-refractivity contribution in [3.8, 4) is 11.1 Å². The van der Waals surface area contributed by atoms with Crippen LogP contribution in [0.2, 0.25) is 5.02 Å². The summed E-state index contributed by atoms with van der Waals surface area (Å²) in [5.74, 6) is -0.142. The molecule has 1 amide bonds. The Labute approximate surface area is 176 Å². The van der Waals surface area contributed by atoms with Crippen LogP contribution in [-0.2, 0) is 4.74 Å². The minimum Gasteiger partial charge on any atom is -0.442 e. The molecule has 0 atom stereocenters. The summed E-state index contributed by atoms with van der Waals surface area (Å²) in [6, 6.07) is 4.82. The zero-order chi connectivity index (χ0) is 21.8. The molecule has 0 bridgehead atoms. The highest BCUT2D eigenvalue weighted by Crippen LogP contribution is 2.36. The number of aromatic nitrogens is 2. The third-order valence-corrected chi connectivity index (χ3v) is 4.93. The van der Waals surface area contributed by atoms with Crippen molar-refractivity contribution in [1.29, 1.82) is 0 Å². The SMILES string of the molecule is Cc1nn(C(=O)OCC(F)F)c(/N=C\N)c1-c1ccc(C(=O)N2CCCC2)c(Cl)c1. The summed E-state index contributed by atoms with van der Waals surface area (Å²) in [5.41, 5.74) is 7.07. The molecular formula is C19H20ClF2N5O3. The van der Waals surface area contributed by atoms with Crippen LogP contribution in [0.15, 0.2) is 23.2 Å². The molecule has 1 fully saturated rings. The number of aliphatic imine (C=N–C) groups is 1. The van der Waals surface area contributed by atoms with Crippen LogP contribution in [0.5, 0.6) is 0 Å². The van der Waals surface area contributed by atoms with Gasteiger partial charge in [-0.25, -0.2) is 18.6 Å². The van der Waals surface area contributed by atoms with Crippen LogP contribution in [0, 0.1) is 6.92 Å². The summed E-state index contributed by atoms with van der Waals surface area (Å²) >= 11 is 6.38. The second kappa shape index (κ2) is 9.21. The van der Waals surface area contributed by atoms with E-state index in [0.29, 0.717) is 35.5 Å². The van der Waals surface area contributed by atoms with Gasteiger partial charge in [0.25, 0.3) is 12.3 Å². The lowest BCUT2D eigenvalue weighted by molar-refractivity contribution is 0.0484. The highest BCUT2D eigenvalue weighted by molar-refractivity contribution is 6.34. The highest BCUT2D eigenvalue weighted by Gasteiger charge is 2.25. The highest BCUT2D eigenvalue weighted by atomic mass is 35.5. The molecule has 8 nitrogen and oxygen atoms in total. The molecular weight excluding hydrogens is 420 g/mol. The third-order valence-electron chi connectivity index (χ3n) is 4.62. The molecule has 2 heterocycles. The zero-order valence-electron chi connectivity index (χ0n) is 16.1. The van der Waals surface area contributed by atoms with Gasteiger partial charge in [-0.3, -0.25) is 4.79 Å². The number of alkyl halides is 2. The Morgan fingerprint density at radius 1 is 1.37 bits per heavy atom. The van der Waals surface area contributed by atoms with Gasteiger partial charge in [0.1, 0.15) is 0 Å². The molecule has 0 unspecified atom stereocenters. The number of amides is 1. The van der Waals surface area contributed by atoms with Crippen LogP contribution >= 0.6 is 11.6 Å². The second-order valence-electron chi connectivity index (χ2n) is 6.64. The van der Waals surface area contributed by atoms with E-state index >= 15 is 0 Å². The molecule has 11 heteroatoms. The number of hydrogen-bond donors (Lipinski definition) is 1. The smallest absolute Gasteiger partial charge is 0.436 e. The van der Waals surface area contributed by atoms with E-state index in [1.54, 1.807) is 30.0 Å². The van der Waals surface area contributed by atoms with Crippen molar-refractivity contribution in [2.75, 3.05) is 19.7 Å². The molecule has 1 aliphatic heterocycles. The van der Waals surface area contributed by atoms with Gasteiger partial charge >= 0.3 is 6.09 Å². The first-order valence-electron chi connectivity index (χ1n) is 9.21. The number of hydrogen-bond acceptors (Lipinski definition) is 5. The van der Waals surface area contributed by atoms with Crippen LogP contribution < -0.4 is 5.73 Å². The van der Waals surface area contributed by atoms with Gasteiger partial charge in [-0.05, 0) is 37.5 Å². The molecule has 1 saturated heterocycles. The first-order chi connectivity index (χ1) is 14.3. The number of ether oxygens (including phenoxy) is 1. The average molecular weight is 440 g/mol. The molecule has 1 aromatic carbocycles. The minimum atomic E-state index is -2.81. The van der Waals surface area contributed by atoms with Gasteiger partial charge < -0.3 is 15.4 Å². The van der Waals surface area contributed by atoms with Crippen LogP contribution in [0.3, 0.4) is 0 Å². The van der Waals surface area contributed by atoms with Gasteiger partial charge in [-0.15, -0.1) is 4.68 Å². The Morgan fingerprint density at radius 3 is 2.67 bits per heavy atom. The second-order valence-corrected chi connectivity index (χ2v) is 7.04. The van der Waals surface area contributed by atoms with Gasteiger partial charge in [0.15, 0.2) is 12.4 Å². The molecule has 3 rings (SSSR count). The standard InChI is InChI=1S/C19H20ClF2N5O3/c1-11-16(17(24-10-23)27(25-11)19(29)30-9-15(21)22)12-4-5-13(14(20)8-12)18(28)26-6-2-3-7-26/h4-5,8,10,15H,2-3,6-7,9H2,1H3,(H2,23,24). The van der Waals surface area contributed by atoms with E-state index in [0.717, 1.165) is 23.9 Å². The summed E-state index contributed by atoms with van der Waals surface area (Å²) in [7, 11) is 0. The summed E-state index contributed by atoms with van der Waals surface area (Å²) in [4.78, 5) is 30.5. The number of nitrogens with zero attached hydrogens (tertiary/aromatic N) is 4. The largest absolute Gasteiger partial charge is 0.442 e. The molecule has 30 heavy (non-hydrogen) atoms. The normalized spacial score (nSPS) is 14.1. The van der Waals surface area contributed by atoms with Crippen LogP contribution in [-0.4, -0.2) is 59.1 Å². The van der Waals surface area contributed by atoms with E-state index in [-0.39, 0.29) is 16.7 Å². The fourth-order valence-corrected chi connectivity index (χ4v) is 3.56. The molecule has 0 spiro atoms. The molecule has 0 radical (unpaired) electrons. The molecule has 0 aliphatic carbocycles. The molecule has 160 valence electrons. The van der Waals surface area contributed by atoms with Gasteiger partial charge in [-0.2, -0.15) is 5.10 Å². The Hall–Kier alpha value is -3.01. The van der Waals surface area contributed by atoms with E-state index in [2.05, 4.69) is 14.8 Å². The van der Waals surface area contributed by atoms with E-state index in [4.69, 9.17) is 17.3 Å². The number of nitrogens with two attached hydrogens (primary N) is 1. The van der Waals surface area contributed by atoms with Gasteiger partial charge in [0, 0.05) is 18.7 Å². The molecule has 0 saturated carbocycles. The lowest BCUT2D eigenvalue weighted by Crippen LogP contribution is -2.27. The monoisotopic (exact) mass is 439 g/mol. The molecule has 1 aliphatic rings. The molecule has 2 aromatic rings. The number of aryl methyl sites for hydroxylation is 1. The van der Waals surface area contributed by atoms with E-state index in [9.17, 15) is 18.4 Å². The average Bonchev–Trinajstić information content (AvgIpc) is 3.34. The van der Waals surface area contributed by atoms with Gasteiger partial charge in [-0.1, -0.05) is 17.7 Å². The Balaban J connectivity index is 1.97. The van der Waals surface area contributed by atoms with Crippen molar-refractivity contribution >= 4 is 35.8 Å². The number of carbonyl (C=O) groups excluding carboxylic acids is 2. The quantitative estimate of drug-likeness (QED) is 0.566. The fourth-order valence-electron chi connectivity index (χ4n) is 3.30. The number of halogens is 3. The third kappa shape index (κ3) is 4.43. The fraction of sp³-hybridized carbons (Fsp3) is 0.368. The van der Waals surface area contributed by atoms with Gasteiger partial charge in [0.2, 0.25) is 0 Å². The predicted molar refractivity (Wildman–Crippen MR) is 108 cm³/mol. The summed E-state index contributed by atoms with van der Waals surface area (Å²) in [5, 5.41) is 4.28. The van der Waals surface area contributed by atoms with Crippen molar-refractivity contribution in [2.45, 2.75) is 26.2 Å². The topological polar surface area (TPSA) is 103 Å². The van der Waals surface area contributed by atoms with Crippen LogP contribution in [0.1, 0.15) is 28.9 Å². The summed E-state index contributed by atoms with van der Waals surface area (Å²) in [6.45, 7) is 1.93. The predicted octanol–water partition coefficient (Wildman–Crippen LogP) is 3.62. The zero-order valence-corrected chi connectivity index (χ0v) is 16.9.